The van der Waals surface area contributed by atoms with Crippen LogP contribution in [0.4, 0.5) is 0 Å². The zero-order valence-corrected chi connectivity index (χ0v) is 13.6. The Hall–Kier alpha value is -0.610. The molecule has 20 heavy (non-hydrogen) atoms. The van der Waals surface area contributed by atoms with Gasteiger partial charge in [0, 0.05) is 6.04 Å². The van der Waals surface area contributed by atoms with Crippen molar-refractivity contribution in [2.45, 2.75) is 71.4 Å². The lowest BCUT2D eigenvalue weighted by atomic mass is 9.89. The van der Waals surface area contributed by atoms with Crippen molar-refractivity contribution in [3.05, 3.63) is 0 Å². The van der Waals surface area contributed by atoms with Gasteiger partial charge in [-0.15, -0.1) is 0 Å². The molecule has 1 rings (SSSR count). The van der Waals surface area contributed by atoms with Gasteiger partial charge in [-0.1, -0.05) is 13.8 Å². The summed E-state index contributed by atoms with van der Waals surface area (Å²) in [6.45, 7) is 11.7. The largest absolute Gasteiger partial charge is 0.480 e. The van der Waals surface area contributed by atoms with Gasteiger partial charge >= 0.3 is 5.97 Å². The summed E-state index contributed by atoms with van der Waals surface area (Å²) in [4.78, 5) is 14.1. The van der Waals surface area contributed by atoms with E-state index in [9.17, 15) is 9.90 Å². The topological polar surface area (TPSA) is 52.6 Å². The van der Waals surface area contributed by atoms with Crippen LogP contribution in [0.2, 0.25) is 0 Å². The number of carboxylic acid groups (broad SMARTS) is 1. The van der Waals surface area contributed by atoms with Gasteiger partial charge in [0.25, 0.3) is 0 Å². The smallest absolute Gasteiger partial charge is 0.323 e. The fraction of sp³-hybridized carbons (Fsp3) is 0.938. The Labute approximate surface area is 123 Å². The molecule has 0 aromatic rings. The predicted molar refractivity (Wildman–Crippen MR) is 83.0 cm³/mol. The minimum atomic E-state index is -0.753. The maximum atomic E-state index is 11.6. The second kappa shape index (κ2) is 7.99. The molecule has 1 atom stereocenters. The van der Waals surface area contributed by atoms with Gasteiger partial charge in [0.05, 0.1) is 0 Å². The van der Waals surface area contributed by atoms with E-state index in [1.165, 1.54) is 25.9 Å². The molecule has 0 aromatic heterocycles. The fourth-order valence-electron chi connectivity index (χ4n) is 3.11. The number of aliphatic carboxylic acids is 1. The molecule has 4 heteroatoms. The average molecular weight is 284 g/mol. The standard InChI is InChI=1S/C16H32N2O2/c1-5-16(15(19)20,17-13(2)3)9-6-10-18-11-7-14(4)8-12-18/h13-14,17H,5-12H2,1-4H3,(H,19,20). The highest BCUT2D eigenvalue weighted by molar-refractivity contribution is 5.78. The summed E-state index contributed by atoms with van der Waals surface area (Å²) in [5.41, 5.74) is -0.753. The lowest BCUT2D eigenvalue weighted by Gasteiger charge is -2.34. The van der Waals surface area contributed by atoms with E-state index in [4.69, 9.17) is 0 Å². The molecule has 118 valence electrons. The maximum absolute atomic E-state index is 11.6. The molecule has 0 aromatic carbocycles. The highest BCUT2D eigenvalue weighted by atomic mass is 16.4. The van der Waals surface area contributed by atoms with E-state index in [1.54, 1.807) is 0 Å². The van der Waals surface area contributed by atoms with E-state index >= 15 is 0 Å². The summed E-state index contributed by atoms with van der Waals surface area (Å²) < 4.78 is 0. The lowest BCUT2D eigenvalue weighted by molar-refractivity contribution is -0.145. The minimum Gasteiger partial charge on any atom is -0.480 e. The van der Waals surface area contributed by atoms with E-state index in [0.29, 0.717) is 12.8 Å². The Balaban J connectivity index is 2.44. The first-order valence-corrected chi connectivity index (χ1v) is 8.13. The molecule has 1 aliphatic heterocycles. The molecule has 1 fully saturated rings. The molecule has 1 unspecified atom stereocenters. The molecule has 2 N–H and O–H groups in total. The molecule has 0 bridgehead atoms. The summed E-state index contributed by atoms with van der Waals surface area (Å²) in [6, 6.07) is 0.196. The van der Waals surface area contributed by atoms with Gasteiger partial charge < -0.3 is 10.0 Å². The molecule has 1 saturated heterocycles. The van der Waals surface area contributed by atoms with Crippen molar-refractivity contribution >= 4 is 5.97 Å². The second-order valence-corrected chi connectivity index (χ2v) is 6.67. The van der Waals surface area contributed by atoms with Crippen molar-refractivity contribution in [1.82, 2.24) is 10.2 Å². The van der Waals surface area contributed by atoms with Crippen molar-refractivity contribution in [2.75, 3.05) is 19.6 Å². The third-order valence-corrected chi connectivity index (χ3v) is 4.53. The number of carbonyl (C=O) groups is 1. The quantitative estimate of drug-likeness (QED) is 0.719. The van der Waals surface area contributed by atoms with Crippen molar-refractivity contribution < 1.29 is 9.90 Å². The average Bonchev–Trinajstić information content (AvgIpc) is 2.39. The number of nitrogens with zero attached hydrogens (tertiary/aromatic N) is 1. The second-order valence-electron chi connectivity index (χ2n) is 6.67. The number of piperidine rings is 1. The van der Waals surface area contributed by atoms with Gasteiger partial charge in [-0.25, -0.2) is 0 Å². The Morgan fingerprint density at radius 1 is 1.40 bits per heavy atom. The van der Waals surface area contributed by atoms with E-state index < -0.39 is 11.5 Å². The zero-order chi connectivity index (χ0) is 15.2. The van der Waals surface area contributed by atoms with E-state index in [1.807, 2.05) is 20.8 Å². The van der Waals surface area contributed by atoms with Crippen molar-refractivity contribution in [3.8, 4) is 0 Å². The third kappa shape index (κ3) is 5.06. The normalized spacial score (nSPS) is 21.1. The summed E-state index contributed by atoms with van der Waals surface area (Å²) in [5, 5.41) is 12.8. The van der Waals surface area contributed by atoms with Crippen LogP contribution >= 0.6 is 0 Å². The van der Waals surface area contributed by atoms with Crippen LogP contribution < -0.4 is 5.32 Å². The molecular weight excluding hydrogens is 252 g/mol. The molecule has 1 heterocycles. The fourth-order valence-corrected chi connectivity index (χ4v) is 3.11. The zero-order valence-electron chi connectivity index (χ0n) is 13.6. The lowest BCUT2D eigenvalue weighted by Crippen LogP contribution is -2.54. The van der Waals surface area contributed by atoms with Crippen molar-refractivity contribution in [2.24, 2.45) is 5.92 Å². The Kier molecular flexibility index (Phi) is 6.96. The van der Waals surface area contributed by atoms with Crippen molar-refractivity contribution in [1.29, 1.82) is 0 Å². The van der Waals surface area contributed by atoms with Gasteiger partial charge in [-0.2, -0.15) is 0 Å². The van der Waals surface area contributed by atoms with Crippen LogP contribution in [0.5, 0.6) is 0 Å². The van der Waals surface area contributed by atoms with Gasteiger partial charge in [-0.3, -0.25) is 10.1 Å². The summed E-state index contributed by atoms with van der Waals surface area (Å²) in [6.07, 6.45) is 4.86. The predicted octanol–water partition coefficient (Wildman–Crippen LogP) is 2.73. The molecule has 0 amide bonds. The Bertz CT molecular complexity index is 299. The number of hydrogen-bond donors (Lipinski definition) is 2. The molecule has 0 spiro atoms. The number of rotatable bonds is 8. The number of carboxylic acids is 1. The monoisotopic (exact) mass is 284 g/mol. The first kappa shape index (κ1) is 17.4. The van der Waals surface area contributed by atoms with Gasteiger partial charge in [0.2, 0.25) is 0 Å². The maximum Gasteiger partial charge on any atom is 0.323 e. The first-order valence-electron chi connectivity index (χ1n) is 8.13. The van der Waals surface area contributed by atoms with E-state index in [0.717, 1.165) is 18.9 Å². The van der Waals surface area contributed by atoms with Crippen LogP contribution in [0.25, 0.3) is 0 Å². The first-order chi connectivity index (χ1) is 9.39. The SMILES string of the molecule is CCC(CCCN1CCC(C)CC1)(NC(C)C)C(=O)O. The van der Waals surface area contributed by atoms with Crippen LogP contribution in [0, 0.1) is 5.92 Å². The molecular formula is C16H32N2O2. The minimum absolute atomic E-state index is 0.196. The Morgan fingerprint density at radius 2 is 2.00 bits per heavy atom. The highest BCUT2D eigenvalue weighted by Crippen LogP contribution is 2.21. The van der Waals surface area contributed by atoms with Crippen LogP contribution in [-0.2, 0) is 4.79 Å². The van der Waals surface area contributed by atoms with E-state index in [2.05, 4.69) is 17.1 Å². The molecule has 0 saturated carbocycles. The highest BCUT2D eigenvalue weighted by Gasteiger charge is 2.36. The van der Waals surface area contributed by atoms with E-state index in [-0.39, 0.29) is 6.04 Å². The summed E-state index contributed by atoms with van der Waals surface area (Å²) in [5.74, 6) is 0.142. The number of likely N-dealkylation sites (tertiary alicyclic amines) is 1. The molecule has 1 aliphatic rings. The van der Waals surface area contributed by atoms with Gasteiger partial charge in [-0.05, 0) is 71.5 Å². The van der Waals surface area contributed by atoms with Crippen LogP contribution in [-0.4, -0.2) is 47.2 Å². The van der Waals surface area contributed by atoms with Gasteiger partial charge in [0.15, 0.2) is 0 Å². The van der Waals surface area contributed by atoms with Crippen LogP contribution in [0.1, 0.15) is 59.8 Å². The number of nitrogens with one attached hydrogen (secondary N) is 1. The number of hydrogen-bond acceptors (Lipinski definition) is 3. The summed E-state index contributed by atoms with van der Waals surface area (Å²) >= 11 is 0. The molecule has 0 aliphatic carbocycles. The van der Waals surface area contributed by atoms with Crippen molar-refractivity contribution in [3.63, 3.8) is 0 Å². The molecule has 0 radical (unpaired) electrons. The van der Waals surface area contributed by atoms with Crippen LogP contribution in [0.3, 0.4) is 0 Å². The third-order valence-electron chi connectivity index (χ3n) is 4.53. The molecule has 4 nitrogen and oxygen atoms in total. The Morgan fingerprint density at radius 3 is 2.45 bits per heavy atom. The van der Waals surface area contributed by atoms with Gasteiger partial charge in [0.1, 0.15) is 5.54 Å². The summed E-state index contributed by atoms with van der Waals surface area (Å²) in [7, 11) is 0. The van der Waals surface area contributed by atoms with Crippen LogP contribution in [0.15, 0.2) is 0 Å².